The van der Waals surface area contributed by atoms with E-state index in [1.54, 1.807) is 0 Å². The lowest BCUT2D eigenvalue weighted by atomic mass is 9.93. The van der Waals surface area contributed by atoms with E-state index in [4.69, 9.17) is 25.8 Å². The van der Waals surface area contributed by atoms with Gasteiger partial charge in [0, 0.05) is 49.3 Å². The van der Waals surface area contributed by atoms with E-state index in [1.165, 1.54) is 11.1 Å². The van der Waals surface area contributed by atoms with Crippen LogP contribution in [0.5, 0.6) is 11.8 Å². The Bertz CT molecular complexity index is 1270. The van der Waals surface area contributed by atoms with Crippen molar-refractivity contribution in [3.05, 3.63) is 51.7 Å². The number of hydrogen-bond donors (Lipinski definition) is 1. The van der Waals surface area contributed by atoms with Crippen molar-refractivity contribution in [2.24, 2.45) is 0 Å². The normalized spacial score (nSPS) is 16.3. The van der Waals surface area contributed by atoms with E-state index in [0.717, 1.165) is 49.7 Å². The standard InChI is InChI=1S/C26H31ClN6O2/c1-16-12-17-6-7-19(24(27)18(17)13-16)34-25-29-21(28-22-14-20(35-31-22)26(2,3)4)15-23(30-25)33-10-8-32(5)9-11-33/h6-7,13-15H,8-12H2,1-5H3,(H,28,29,30,31). The maximum absolute atomic E-state index is 6.71. The average molecular weight is 495 g/mol. The molecule has 0 bridgehead atoms. The van der Waals surface area contributed by atoms with Gasteiger partial charge in [0.25, 0.3) is 0 Å². The van der Waals surface area contributed by atoms with Crippen molar-refractivity contribution in [2.45, 2.75) is 39.5 Å². The van der Waals surface area contributed by atoms with Crippen molar-refractivity contribution in [3.8, 4) is 11.8 Å². The van der Waals surface area contributed by atoms with Gasteiger partial charge in [0.2, 0.25) is 0 Å². The summed E-state index contributed by atoms with van der Waals surface area (Å²) in [5.41, 5.74) is 3.35. The number of hydrogen-bond acceptors (Lipinski definition) is 8. The van der Waals surface area contributed by atoms with E-state index in [2.05, 4.69) is 72.1 Å². The number of fused-ring (bicyclic) bond motifs is 1. The van der Waals surface area contributed by atoms with Crippen LogP contribution in [-0.2, 0) is 11.8 Å². The third-order valence-corrected chi connectivity index (χ3v) is 6.71. The van der Waals surface area contributed by atoms with Gasteiger partial charge in [-0.2, -0.15) is 9.97 Å². The fourth-order valence-electron chi connectivity index (χ4n) is 4.24. The number of piperazine rings is 1. The Kier molecular flexibility index (Phi) is 6.19. The summed E-state index contributed by atoms with van der Waals surface area (Å²) in [7, 11) is 2.13. The zero-order valence-corrected chi connectivity index (χ0v) is 21.6. The SMILES string of the molecule is CC1=Cc2c(ccc(Oc3nc(Nc4cc(C(C)(C)C)on4)cc(N4CCN(C)CC4)n3)c2Cl)C1. The summed E-state index contributed by atoms with van der Waals surface area (Å²) >= 11 is 6.71. The molecule has 0 saturated carbocycles. The molecule has 2 aliphatic rings. The van der Waals surface area contributed by atoms with Crippen LogP contribution in [0.15, 0.2) is 34.4 Å². The van der Waals surface area contributed by atoms with E-state index >= 15 is 0 Å². The molecule has 1 fully saturated rings. The average Bonchev–Trinajstić information content (AvgIpc) is 3.43. The minimum Gasteiger partial charge on any atom is -0.423 e. The summed E-state index contributed by atoms with van der Waals surface area (Å²) in [6, 6.07) is 7.98. The van der Waals surface area contributed by atoms with Crippen molar-refractivity contribution >= 4 is 35.1 Å². The van der Waals surface area contributed by atoms with E-state index in [9.17, 15) is 0 Å². The van der Waals surface area contributed by atoms with Crippen LogP contribution >= 0.6 is 11.6 Å². The summed E-state index contributed by atoms with van der Waals surface area (Å²) < 4.78 is 11.7. The van der Waals surface area contributed by atoms with Gasteiger partial charge < -0.3 is 24.4 Å². The second-order valence-electron chi connectivity index (χ2n) is 10.4. The zero-order chi connectivity index (χ0) is 24.7. The Hall–Kier alpha value is -3.10. The molecule has 9 heteroatoms. The molecule has 0 spiro atoms. The molecule has 1 N–H and O–H groups in total. The van der Waals surface area contributed by atoms with Gasteiger partial charge in [0.05, 0.1) is 5.02 Å². The number of anilines is 3. The molecule has 0 amide bonds. The van der Waals surface area contributed by atoms with Crippen LogP contribution in [0.25, 0.3) is 6.08 Å². The number of rotatable bonds is 5. The summed E-state index contributed by atoms with van der Waals surface area (Å²) in [4.78, 5) is 13.9. The maximum atomic E-state index is 6.71. The van der Waals surface area contributed by atoms with E-state index < -0.39 is 0 Å². The Morgan fingerprint density at radius 3 is 2.54 bits per heavy atom. The van der Waals surface area contributed by atoms with Crippen LogP contribution in [0.4, 0.5) is 17.5 Å². The van der Waals surface area contributed by atoms with Crippen LogP contribution < -0.4 is 15.0 Å². The lowest BCUT2D eigenvalue weighted by Gasteiger charge is -2.33. The monoisotopic (exact) mass is 494 g/mol. The molecule has 0 radical (unpaired) electrons. The predicted octanol–water partition coefficient (Wildman–Crippen LogP) is 5.66. The van der Waals surface area contributed by atoms with Gasteiger partial charge in [-0.1, -0.05) is 55.2 Å². The van der Waals surface area contributed by atoms with Crippen LogP contribution in [0.1, 0.15) is 44.6 Å². The summed E-state index contributed by atoms with van der Waals surface area (Å²) in [6.45, 7) is 12.0. The van der Waals surface area contributed by atoms with E-state index in [1.807, 2.05) is 18.2 Å². The van der Waals surface area contributed by atoms with Crippen molar-refractivity contribution in [2.75, 3.05) is 43.4 Å². The highest BCUT2D eigenvalue weighted by molar-refractivity contribution is 6.33. The molecule has 3 aromatic rings. The molecule has 184 valence electrons. The van der Waals surface area contributed by atoms with Gasteiger partial charge in [-0.05, 0) is 32.0 Å². The van der Waals surface area contributed by atoms with Crippen molar-refractivity contribution < 1.29 is 9.26 Å². The number of nitrogens with zero attached hydrogens (tertiary/aromatic N) is 5. The van der Waals surface area contributed by atoms with Crippen LogP contribution in [-0.4, -0.2) is 53.3 Å². The summed E-state index contributed by atoms with van der Waals surface area (Å²) in [5.74, 6) is 3.27. The maximum Gasteiger partial charge on any atom is 0.325 e. The second-order valence-corrected chi connectivity index (χ2v) is 10.7. The molecule has 3 heterocycles. The first-order chi connectivity index (χ1) is 16.7. The minimum atomic E-state index is -0.144. The number of aromatic nitrogens is 3. The third kappa shape index (κ3) is 5.13. The highest BCUT2D eigenvalue weighted by atomic mass is 35.5. The molecule has 0 atom stereocenters. The second kappa shape index (κ2) is 9.17. The fraction of sp³-hybridized carbons (Fsp3) is 0.423. The number of likely N-dealkylation sites (N-methyl/N-ethyl adjacent to an activating group) is 1. The Balaban J connectivity index is 1.47. The number of allylic oxidation sites excluding steroid dienone is 1. The number of benzene rings is 1. The van der Waals surface area contributed by atoms with Crippen molar-refractivity contribution in [1.29, 1.82) is 0 Å². The Morgan fingerprint density at radius 1 is 1.06 bits per heavy atom. The fourth-order valence-corrected chi connectivity index (χ4v) is 4.51. The van der Waals surface area contributed by atoms with Crippen molar-refractivity contribution in [1.82, 2.24) is 20.0 Å². The molecule has 5 rings (SSSR count). The molecular formula is C26H31ClN6O2. The third-order valence-electron chi connectivity index (χ3n) is 6.32. The molecular weight excluding hydrogens is 464 g/mol. The quantitative estimate of drug-likeness (QED) is 0.486. The Morgan fingerprint density at radius 2 is 1.83 bits per heavy atom. The molecule has 1 aliphatic heterocycles. The first-order valence-electron chi connectivity index (χ1n) is 11.9. The number of ether oxygens (including phenoxy) is 1. The predicted molar refractivity (Wildman–Crippen MR) is 139 cm³/mol. The van der Waals surface area contributed by atoms with Crippen molar-refractivity contribution in [3.63, 3.8) is 0 Å². The van der Waals surface area contributed by atoms with Gasteiger partial charge >= 0.3 is 6.01 Å². The van der Waals surface area contributed by atoms with Crippen LogP contribution in [0.2, 0.25) is 5.02 Å². The molecule has 2 aromatic heterocycles. The topological polar surface area (TPSA) is 79.5 Å². The number of nitrogens with one attached hydrogen (secondary N) is 1. The van der Waals surface area contributed by atoms with Crippen LogP contribution in [0, 0.1) is 0 Å². The van der Waals surface area contributed by atoms with Gasteiger partial charge in [-0.15, -0.1) is 0 Å². The van der Waals surface area contributed by atoms with Gasteiger partial charge in [-0.3, -0.25) is 0 Å². The molecule has 1 saturated heterocycles. The summed E-state index contributed by atoms with van der Waals surface area (Å²) in [5, 5.41) is 8.00. The Labute approximate surface area is 210 Å². The highest BCUT2D eigenvalue weighted by Crippen LogP contribution is 2.39. The largest absolute Gasteiger partial charge is 0.423 e. The number of halogens is 1. The highest BCUT2D eigenvalue weighted by Gasteiger charge is 2.22. The molecule has 1 aromatic carbocycles. The lowest BCUT2D eigenvalue weighted by Crippen LogP contribution is -2.44. The molecule has 1 aliphatic carbocycles. The lowest BCUT2D eigenvalue weighted by molar-refractivity contribution is 0.311. The van der Waals surface area contributed by atoms with Gasteiger partial charge in [0.15, 0.2) is 5.82 Å². The minimum absolute atomic E-state index is 0.144. The first-order valence-corrected chi connectivity index (χ1v) is 12.3. The summed E-state index contributed by atoms with van der Waals surface area (Å²) in [6.07, 6.45) is 3.02. The molecule has 0 unspecified atom stereocenters. The van der Waals surface area contributed by atoms with E-state index in [0.29, 0.717) is 22.4 Å². The molecule has 35 heavy (non-hydrogen) atoms. The smallest absolute Gasteiger partial charge is 0.325 e. The van der Waals surface area contributed by atoms with Gasteiger partial charge in [0.1, 0.15) is 23.1 Å². The first kappa shape index (κ1) is 23.6. The molecule has 8 nitrogen and oxygen atoms in total. The van der Waals surface area contributed by atoms with E-state index in [-0.39, 0.29) is 11.4 Å². The van der Waals surface area contributed by atoms with Crippen LogP contribution in [0.3, 0.4) is 0 Å². The van der Waals surface area contributed by atoms with Gasteiger partial charge in [-0.25, -0.2) is 0 Å². The zero-order valence-electron chi connectivity index (χ0n) is 20.9.